The molecule has 0 saturated heterocycles. The summed E-state index contributed by atoms with van der Waals surface area (Å²) in [4.78, 5) is 24.9. The van der Waals surface area contributed by atoms with Crippen molar-refractivity contribution < 1.29 is 32.9 Å². The molecule has 0 bridgehead atoms. The largest absolute Gasteiger partial charge is 0.490 e. The highest BCUT2D eigenvalue weighted by molar-refractivity contribution is 5.97. The van der Waals surface area contributed by atoms with E-state index in [1.807, 2.05) is 6.92 Å². The Morgan fingerprint density at radius 2 is 1.57 bits per heavy atom. The Bertz CT molecular complexity index is 859. The first kappa shape index (κ1) is 23.0. The van der Waals surface area contributed by atoms with Crippen molar-refractivity contribution in [2.45, 2.75) is 33.8 Å². The van der Waals surface area contributed by atoms with Crippen LogP contribution >= 0.6 is 0 Å². The van der Waals surface area contributed by atoms with Gasteiger partial charge in [-0.1, -0.05) is 6.07 Å². The van der Waals surface area contributed by atoms with Gasteiger partial charge < -0.3 is 24.3 Å². The zero-order chi connectivity index (χ0) is 22.1. The summed E-state index contributed by atoms with van der Waals surface area (Å²) in [5.74, 6) is -0.728. The molecule has 0 heterocycles. The first-order valence-electron chi connectivity index (χ1n) is 9.73. The van der Waals surface area contributed by atoms with Crippen LogP contribution in [0.1, 0.15) is 38.1 Å². The molecule has 30 heavy (non-hydrogen) atoms. The van der Waals surface area contributed by atoms with Crippen LogP contribution in [0, 0.1) is 5.82 Å². The summed E-state index contributed by atoms with van der Waals surface area (Å²) in [6, 6.07) is 8.39. The number of benzene rings is 2. The van der Waals surface area contributed by atoms with Gasteiger partial charge in [0.15, 0.2) is 17.6 Å². The van der Waals surface area contributed by atoms with Gasteiger partial charge in [-0.05, 0) is 58.0 Å². The molecule has 1 N–H and O–H groups in total. The maximum absolute atomic E-state index is 13.3. The van der Waals surface area contributed by atoms with Crippen LogP contribution in [0.5, 0.6) is 17.2 Å². The Morgan fingerprint density at radius 1 is 0.967 bits per heavy atom. The molecule has 0 aliphatic rings. The second-order valence-electron chi connectivity index (χ2n) is 6.15. The summed E-state index contributed by atoms with van der Waals surface area (Å²) in [6.07, 6.45) is -1.11. The Hall–Kier alpha value is -3.29. The van der Waals surface area contributed by atoms with E-state index < -0.39 is 23.8 Å². The number of rotatable bonds is 10. The van der Waals surface area contributed by atoms with Gasteiger partial charge in [-0.15, -0.1) is 0 Å². The SMILES string of the molecule is CCOc1cc(C(=O)OC(C)C(=O)Nc2cccc(F)c2)cc(OCC)c1OCC. The highest BCUT2D eigenvalue weighted by Crippen LogP contribution is 2.39. The third kappa shape index (κ3) is 6.10. The van der Waals surface area contributed by atoms with E-state index in [4.69, 9.17) is 18.9 Å². The van der Waals surface area contributed by atoms with Crippen LogP contribution < -0.4 is 19.5 Å². The average molecular weight is 419 g/mol. The molecule has 162 valence electrons. The molecule has 1 amide bonds. The molecule has 2 aromatic rings. The minimum absolute atomic E-state index is 0.149. The summed E-state index contributed by atoms with van der Waals surface area (Å²) in [5.41, 5.74) is 0.414. The van der Waals surface area contributed by atoms with Crippen molar-refractivity contribution >= 4 is 17.6 Å². The fraction of sp³-hybridized carbons (Fsp3) is 0.364. The number of nitrogens with one attached hydrogen (secondary N) is 1. The Kier molecular flexibility index (Phi) is 8.46. The van der Waals surface area contributed by atoms with E-state index in [2.05, 4.69) is 5.32 Å². The number of carbonyl (C=O) groups excluding carboxylic acids is 2. The number of anilines is 1. The van der Waals surface area contributed by atoms with Crippen molar-refractivity contribution in [3.05, 3.63) is 47.8 Å². The smallest absolute Gasteiger partial charge is 0.339 e. The minimum Gasteiger partial charge on any atom is -0.490 e. The molecule has 0 spiro atoms. The van der Waals surface area contributed by atoms with Gasteiger partial charge in [-0.25, -0.2) is 9.18 Å². The summed E-state index contributed by atoms with van der Waals surface area (Å²) >= 11 is 0. The van der Waals surface area contributed by atoms with Crippen molar-refractivity contribution in [3.63, 3.8) is 0 Å². The lowest BCUT2D eigenvalue weighted by Crippen LogP contribution is -2.30. The van der Waals surface area contributed by atoms with Crippen LogP contribution in [-0.4, -0.2) is 37.8 Å². The van der Waals surface area contributed by atoms with Gasteiger partial charge in [0.05, 0.1) is 25.4 Å². The van der Waals surface area contributed by atoms with E-state index in [0.29, 0.717) is 37.1 Å². The number of hydrogen-bond donors (Lipinski definition) is 1. The quantitative estimate of drug-likeness (QED) is 0.581. The lowest BCUT2D eigenvalue weighted by Gasteiger charge is -2.18. The fourth-order valence-corrected chi connectivity index (χ4v) is 2.60. The van der Waals surface area contributed by atoms with Crippen LogP contribution in [0.25, 0.3) is 0 Å². The topological polar surface area (TPSA) is 83.1 Å². The second kappa shape index (κ2) is 11.0. The Balaban J connectivity index is 2.18. The van der Waals surface area contributed by atoms with E-state index in [0.717, 1.165) is 0 Å². The molecular weight excluding hydrogens is 393 g/mol. The van der Waals surface area contributed by atoms with Gasteiger partial charge in [-0.2, -0.15) is 0 Å². The van der Waals surface area contributed by atoms with Crippen molar-refractivity contribution in [1.29, 1.82) is 0 Å². The zero-order valence-electron chi connectivity index (χ0n) is 17.5. The first-order valence-corrected chi connectivity index (χ1v) is 9.73. The lowest BCUT2D eigenvalue weighted by molar-refractivity contribution is -0.123. The van der Waals surface area contributed by atoms with Gasteiger partial charge >= 0.3 is 5.97 Å². The molecule has 8 heteroatoms. The number of ether oxygens (including phenoxy) is 4. The molecule has 0 aromatic heterocycles. The third-order valence-corrected chi connectivity index (χ3v) is 3.89. The summed E-state index contributed by atoms with van der Waals surface area (Å²) in [5, 5.41) is 2.50. The summed E-state index contributed by atoms with van der Waals surface area (Å²) < 4.78 is 35.3. The number of hydrogen-bond acceptors (Lipinski definition) is 6. The number of halogens is 1. The van der Waals surface area contributed by atoms with Gasteiger partial charge in [0.1, 0.15) is 5.82 Å². The molecule has 0 fully saturated rings. The van der Waals surface area contributed by atoms with E-state index >= 15 is 0 Å². The third-order valence-electron chi connectivity index (χ3n) is 3.89. The number of carbonyl (C=O) groups is 2. The van der Waals surface area contributed by atoms with Gasteiger partial charge in [0.2, 0.25) is 5.75 Å². The Labute approximate surface area is 175 Å². The maximum atomic E-state index is 13.3. The molecule has 0 aliphatic carbocycles. The highest BCUT2D eigenvalue weighted by atomic mass is 19.1. The van der Waals surface area contributed by atoms with Crippen LogP contribution in [0.3, 0.4) is 0 Å². The standard InChI is InChI=1S/C22H26FNO6/c1-5-27-18-11-15(12-19(28-6-2)20(18)29-7-3)22(26)30-14(4)21(25)24-17-10-8-9-16(23)13-17/h8-14H,5-7H2,1-4H3,(H,24,25). The average Bonchev–Trinajstić information content (AvgIpc) is 2.70. The second-order valence-corrected chi connectivity index (χ2v) is 6.15. The fourth-order valence-electron chi connectivity index (χ4n) is 2.60. The monoisotopic (exact) mass is 419 g/mol. The van der Waals surface area contributed by atoms with Crippen LogP contribution in [-0.2, 0) is 9.53 Å². The highest BCUT2D eigenvalue weighted by Gasteiger charge is 2.23. The molecule has 7 nitrogen and oxygen atoms in total. The number of esters is 1. The van der Waals surface area contributed by atoms with E-state index in [9.17, 15) is 14.0 Å². The van der Waals surface area contributed by atoms with E-state index in [1.165, 1.54) is 43.3 Å². The van der Waals surface area contributed by atoms with Crippen LogP contribution in [0.4, 0.5) is 10.1 Å². The lowest BCUT2D eigenvalue weighted by atomic mass is 10.1. The van der Waals surface area contributed by atoms with Gasteiger partial charge in [0, 0.05) is 5.69 Å². The molecule has 2 rings (SSSR count). The summed E-state index contributed by atoms with van der Waals surface area (Å²) in [6.45, 7) is 7.97. The van der Waals surface area contributed by atoms with Gasteiger partial charge in [-0.3, -0.25) is 4.79 Å². The molecular formula is C22H26FNO6. The van der Waals surface area contributed by atoms with Crippen molar-refractivity contribution in [1.82, 2.24) is 0 Å². The van der Waals surface area contributed by atoms with Gasteiger partial charge in [0.25, 0.3) is 5.91 Å². The molecule has 1 unspecified atom stereocenters. The predicted octanol–water partition coefficient (Wildman–Crippen LogP) is 4.21. The predicted molar refractivity (Wildman–Crippen MR) is 110 cm³/mol. The molecule has 2 aromatic carbocycles. The zero-order valence-corrected chi connectivity index (χ0v) is 17.5. The normalized spacial score (nSPS) is 11.4. The van der Waals surface area contributed by atoms with Crippen molar-refractivity contribution in [3.8, 4) is 17.2 Å². The van der Waals surface area contributed by atoms with E-state index in [-0.39, 0.29) is 11.3 Å². The maximum Gasteiger partial charge on any atom is 0.339 e. The molecule has 0 radical (unpaired) electrons. The van der Waals surface area contributed by atoms with Crippen LogP contribution in [0.2, 0.25) is 0 Å². The molecule has 0 aliphatic heterocycles. The van der Waals surface area contributed by atoms with Crippen LogP contribution in [0.15, 0.2) is 36.4 Å². The first-order chi connectivity index (χ1) is 14.4. The molecule has 0 saturated carbocycles. The van der Waals surface area contributed by atoms with Crippen molar-refractivity contribution in [2.75, 3.05) is 25.1 Å². The van der Waals surface area contributed by atoms with E-state index in [1.54, 1.807) is 13.8 Å². The number of amides is 1. The molecule has 1 atom stereocenters. The Morgan fingerprint density at radius 3 is 2.10 bits per heavy atom. The van der Waals surface area contributed by atoms with Crippen molar-refractivity contribution in [2.24, 2.45) is 0 Å². The summed E-state index contributed by atoms with van der Waals surface area (Å²) in [7, 11) is 0. The minimum atomic E-state index is -1.11.